The van der Waals surface area contributed by atoms with E-state index in [1.165, 1.54) is 25.4 Å². The van der Waals surface area contributed by atoms with E-state index >= 15 is 0 Å². The molecule has 0 spiro atoms. The first-order valence-electron chi connectivity index (χ1n) is 6.50. The smallest absolute Gasteiger partial charge is 0.257 e. The lowest BCUT2D eigenvalue weighted by Crippen LogP contribution is -2.05. The average molecular weight is 319 g/mol. The van der Waals surface area contributed by atoms with E-state index in [-0.39, 0.29) is 11.7 Å². The molecule has 0 atom stereocenters. The first-order chi connectivity index (χ1) is 10.6. The van der Waals surface area contributed by atoms with E-state index in [2.05, 4.69) is 10.6 Å². The molecular formula is C16H12ClFN2O2. The Morgan fingerprint density at radius 3 is 2.82 bits per heavy atom. The number of ether oxygens (including phenoxy) is 1. The van der Waals surface area contributed by atoms with Crippen LogP contribution in [0.15, 0.2) is 42.6 Å². The highest BCUT2D eigenvalue weighted by Crippen LogP contribution is 2.33. The van der Waals surface area contributed by atoms with Crippen LogP contribution in [0.25, 0.3) is 5.57 Å². The number of amides is 1. The minimum absolute atomic E-state index is 0.161. The van der Waals surface area contributed by atoms with E-state index in [1.54, 1.807) is 24.3 Å². The minimum atomic E-state index is -0.481. The second-order valence-corrected chi connectivity index (χ2v) is 5.13. The van der Waals surface area contributed by atoms with Gasteiger partial charge in [-0.05, 0) is 30.3 Å². The number of anilines is 2. The zero-order valence-electron chi connectivity index (χ0n) is 11.6. The molecule has 0 saturated carbocycles. The van der Waals surface area contributed by atoms with Crippen molar-refractivity contribution < 1.29 is 13.9 Å². The molecular weight excluding hydrogens is 307 g/mol. The van der Waals surface area contributed by atoms with Gasteiger partial charge < -0.3 is 15.4 Å². The third-order valence-corrected chi connectivity index (χ3v) is 3.53. The summed E-state index contributed by atoms with van der Waals surface area (Å²) in [7, 11) is 1.40. The highest BCUT2D eigenvalue weighted by Gasteiger charge is 2.24. The van der Waals surface area contributed by atoms with Crippen molar-refractivity contribution in [2.75, 3.05) is 17.7 Å². The Morgan fingerprint density at radius 2 is 2.09 bits per heavy atom. The van der Waals surface area contributed by atoms with E-state index in [9.17, 15) is 9.18 Å². The molecule has 0 fully saturated rings. The Hall–Kier alpha value is -2.53. The summed E-state index contributed by atoms with van der Waals surface area (Å²) < 4.78 is 18.5. The van der Waals surface area contributed by atoms with Crippen LogP contribution in [0.3, 0.4) is 0 Å². The third-order valence-electron chi connectivity index (χ3n) is 3.30. The average Bonchev–Trinajstić information content (AvgIpc) is 2.80. The van der Waals surface area contributed by atoms with Gasteiger partial charge in [-0.25, -0.2) is 4.39 Å². The number of nitrogens with one attached hydrogen (secondary N) is 2. The largest absolute Gasteiger partial charge is 0.494 e. The van der Waals surface area contributed by atoms with Gasteiger partial charge in [0.25, 0.3) is 5.91 Å². The van der Waals surface area contributed by atoms with E-state index in [1.807, 2.05) is 0 Å². The van der Waals surface area contributed by atoms with Crippen molar-refractivity contribution in [3.63, 3.8) is 0 Å². The maximum Gasteiger partial charge on any atom is 0.257 e. The van der Waals surface area contributed by atoms with Crippen molar-refractivity contribution in [3.05, 3.63) is 59.0 Å². The van der Waals surface area contributed by atoms with Gasteiger partial charge >= 0.3 is 0 Å². The number of methoxy groups -OCH3 is 1. The van der Waals surface area contributed by atoms with Gasteiger partial charge in [0.1, 0.15) is 0 Å². The molecule has 2 N–H and O–H groups in total. The standard InChI is InChI=1S/C16H12ClFN2O2/c1-22-15-5-3-10(7-13(15)18)19-8-12-11-6-9(17)2-4-14(11)20-16(12)21/h2-8,19H,1H3,(H,20,21)/b12-8+. The number of hydrogen-bond donors (Lipinski definition) is 2. The number of halogens is 2. The SMILES string of the molecule is COc1ccc(N/C=C2/C(=O)Nc3ccc(Cl)cc32)cc1F. The maximum absolute atomic E-state index is 13.6. The van der Waals surface area contributed by atoms with Crippen molar-refractivity contribution in [2.24, 2.45) is 0 Å². The zero-order chi connectivity index (χ0) is 15.7. The van der Waals surface area contributed by atoms with Crippen molar-refractivity contribution in [1.82, 2.24) is 0 Å². The van der Waals surface area contributed by atoms with Crippen LogP contribution in [0.5, 0.6) is 5.75 Å². The molecule has 22 heavy (non-hydrogen) atoms. The molecule has 6 heteroatoms. The maximum atomic E-state index is 13.6. The number of carbonyl (C=O) groups excluding carboxylic acids is 1. The summed E-state index contributed by atoms with van der Waals surface area (Å²) >= 11 is 5.96. The lowest BCUT2D eigenvalue weighted by molar-refractivity contribution is -0.110. The number of carbonyl (C=O) groups is 1. The molecule has 3 rings (SSSR count). The number of benzene rings is 2. The molecule has 1 amide bonds. The van der Waals surface area contributed by atoms with Gasteiger partial charge in [-0.2, -0.15) is 0 Å². The van der Waals surface area contributed by atoms with E-state index in [0.717, 1.165) is 0 Å². The summed E-state index contributed by atoms with van der Waals surface area (Å²) in [5.74, 6) is -0.557. The summed E-state index contributed by atoms with van der Waals surface area (Å²) in [6.45, 7) is 0. The highest BCUT2D eigenvalue weighted by atomic mass is 35.5. The van der Waals surface area contributed by atoms with Crippen LogP contribution in [0.2, 0.25) is 5.02 Å². The molecule has 1 aliphatic heterocycles. The van der Waals surface area contributed by atoms with Crippen LogP contribution in [-0.4, -0.2) is 13.0 Å². The van der Waals surface area contributed by atoms with Crippen LogP contribution < -0.4 is 15.4 Å². The molecule has 0 bridgehead atoms. The normalized spacial score (nSPS) is 14.7. The molecule has 0 radical (unpaired) electrons. The monoisotopic (exact) mass is 318 g/mol. The summed E-state index contributed by atoms with van der Waals surface area (Å²) in [6.07, 6.45) is 1.53. The first-order valence-corrected chi connectivity index (χ1v) is 6.88. The molecule has 0 unspecified atom stereocenters. The van der Waals surface area contributed by atoms with E-state index in [0.29, 0.717) is 27.5 Å². The second-order valence-electron chi connectivity index (χ2n) is 4.70. The molecule has 1 heterocycles. The molecule has 0 saturated heterocycles. The summed E-state index contributed by atoms with van der Waals surface area (Å²) in [6, 6.07) is 9.61. The van der Waals surface area contributed by atoms with Crippen molar-refractivity contribution in [3.8, 4) is 5.75 Å². The van der Waals surface area contributed by atoms with Crippen LogP contribution in [0.1, 0.15) is 5.56 Å². The molecule has 2 aromatic carbocycles. The van der Waals surface area contributed by atoms with Crippen LogP contribution in [0, 0.1) is 5.82 Å². The molecule has 1 aliphatic rings. The molecule has 4 nitrogen and oxygen atoms in total. The van der Waals surface area contributed by atoms with Gasteiger partial charge in [0.05, 0.1) is 12.7 Å². The van der Waals surface area contributed by atoms with Gasteiger partial charge in [-0.1, -0.05) is 11.6 Å². The Morgan fingerprint density at radius 1 is 1.27 bits per heavy atom. The van der Waals surface area contributed by atoms with Crippen LogP contribution in [-0.2, 0) is 4.79 Å². The lowest BCUT2D eigenvalue weighted by atomic mass is 10.1. The van der Waals surface area contributed by atoms with Crippen molar-refractivity contribution >= 4 is 34.5 Å². The lowest BCUT2D eigenvalue weighted by Gasteiger charge is -2.06. The van der Waals surface area contributed by atoms with Crippen molar-refractivity contribution in [1.29, 1.82) is 0 Å². The summed E-state index contributed by atoms with van der Waals surface area (Å²) in [4.78, 5) is 12.0. The number of rotatable bonds is 3. The Labute approximate surface area is 131 Å². The predicted octanol–water partition coefficient (Wildman–Crippen LogP) is 3.89. The van der Waals surface area contributed by atoms with Crippen LogP contribution >= 0.6 is 11.6 Å². The zero-order valence-corrected chi connectivity index (χ0v) is 12.4. The first kappa shape index (κ1) is 14.4. The quantitative estimate of drug-likeness (QED) is 0.844. The van der Waals surface area contributed by atoms with E-state index < -0.39 is 5.82 Å². The molecule has 2 aromatic rings. The molecule has 112 valence electrons. The summed E-state index contributed by atoms with van der Waals surface area (Å²) in [5, 5.41) is 6.19. The molecule has 0 aliphatic carbocycles. The Kier molecular flexibility index (Phi) is 3.73. The Balaban J connectivity index is 1.89. The fraction of sp³-hybridized carbons (Fsp3) is 0.0625. The van der Waals surface area contributed by atoms with Gasteiger partial charge in [-0.15, -0.1) is 0 Å². The van der Waals surface area contributed by atoms with Crippen molar-refractivity contribution in [2.45, 2.75) is 0 Å². The number of hydrogen-bond acceptors (Lipinski definition) is 3. The van der Waals surface area contributed by atoms with Gasteiger partial charge in [0, 0.05) is 34.2 Å². The van der Waals surface area contributed by atoms with Gasteiger partial charge in [0.15, 0.2) is 11.6 Å². The molecule has 0 aromatic heterocycles. The fourth-order valence-electron chi connectivity index (χ4n) is 2.22. The highest BCUT2D eigenvalue weighted by molar-refractivity contribution is 6.34. The van der Waals surface area contributed by atoms with Crippen LogP contribution in [0.4, 0.5) is 15.8 Å². The van der Waals surface area contributed by atoms with Gasteiger partial charge in [0.2, 0.25) is 0 Å². The fourth-order valence-corrected chi connectivity index (χ4v) is 2.39. The van der Waals surface area contributed by atoms with Gasteiger partial charge in [-0.3, -0.25) is 4.79 Å². The number of fused-ring (bicyclic) bond motifs is 1. The minimum Gasteiger partial charge on any atom is -0.494 e. The summed E-state index contributed by atoms with van der Waals surface area (Å²) in [5.41, 5.74) is 2.35. The topological polar surface area (TPSA) is 50.4 Å². The third kappa shape index (κ3) is 2.63. The second kappa shape index (κ2) is 5.69. The predicted molar refractivity (Wildman–Crippen MR) is 84.6 cm³/mol. The van der Waals surface area contributed by atoms with E-state index in [4.69, 9.17) is 16.3 Å². The Bertz CT molecular complexity index is 790.